The van der Waals surface area contributed by atoms with Crippen molar-refractivity contribution in [3.05, 3.63) is 94.5 Å². The molecule has 7 rings (SSSR count). The standard InChI is InChI=1S/C28H22ClN3O3/c29-17-12-13-21-19(15-17)28(26(35)31-21)24(23(33)16-7-2-1-3-8-16)27(22-11-6-14-32(22)28)18-9-4-5-10-20(18)30-25(27)34/h1-5,7-10,12-13,15,22,24H,6,11,14H2,(H,30,34)(H,31,35)/t22-,24+,27+,28-/m0/s1. The number of carbonyl (C=O) groups excluding carboxylic acids is 3. The Balaban J connectivity index is 1.60. The smallest absolute Gasteiger partial charge is 0.250 e. The molecule has 3 aromatic rings. The molecule has 174 valence electrons. The molecule has 2 saturated heterocycles. The van der Waals surface area contributed by atoms with Gasteiger partial charge in [-0.25, -0.2) is 0 Å². The van der Waals surface area contributed by atoms with Crippen LogP contribution in [0.25, 0.3) is 0 Å². The third kappa shape index (κ3) is 2.36. The van der Waals surface area contributed by atoms with Crippen LogP contribution in [0.1, 0.15) is 34.3 Å². The number of Topliss-reactive ketones (excluding diaryl/α,β-unsaturated/α-hetero) is 1. The average molecular weight is 484 g/mol. The van der Waals surface area contributed by atoms with Gasteiger partial charge in [0.2, 0.25) is 11.8 Å². The lowest BCUT2D eigenvalue weighted by atomic mass is 9.60. The van der Waals surface area contributed by atoms with Gasteiger partial charge in [-0.2, -0.15) is 0 Å². The fourth-order valence-electron chi connectivity index (χ4n) is 7.29. The number of fused-ring (bicyclic) bond motifs is 7. The zero-order chi connectivity index (χ0) is 23.9. The van der Waals surface area contributed by atoms with Gasteiger partial charge in [0.15, 0.2) is 5.78 Å². The molecule has 3 aromatic carbocycles. The number of rotatable bonds is 2. The molecule has 2 amide bonds. The van der Waals surface area contributed by atoms with E-state index in [9.17, 15) is 14.4 Å². The van der Waals surface area contributed by atoms with Crippen molar-refractivity contribution in [2.75, 3.05) is 17.2 Å². The third-order valence-electron chi connectivity index (χ3n) is 8.41. The van der Waals surface area contributed by atoms with Crippen LogP contribution in [-0.2, 0) is 20.5 Å². The fraction of sp³-hybridized carbons (Fsp3) is 0.250. The third-order valence-corrected chi connectivity index (χ3v) is 8.64. The molecule has 6 nitrogen and oxygen atoms in total. The second-order valence-electron chi connectivity index (χ2n) is 9.79. The van der Waals surface area contributed by atoms with E-state index in [1.807, 2.05) is 42.5 Å². The lowest BCUT2D eigenvalue weighted by molar-refractivity contribution is -0.128. The van der Waals surface area contributed by atoms with E-state index in [-0.39, 0.29) is 23.6 Å². The minimum Gasteiger partial charge on any atom is -0.325 e. The minimum absolute atomic E-state index is 0.213. The van der Waals surface area contributed by atoms with Crippen molar-refractivity contribution in [2.45, 2.75) is 29.8 Å². The van der Waals surface area contributed by atoms with Crippen molar-refractivity contribution < 1.29 is 14.4 Å². The van der Waals surface area contributed by atoms with Crippen molar-refractivity contribution in [2.24, 2.45) is 5.92 Å². The Bertz CT molecular complexity index is 1440. The van der Waals surface area contributed by atoms with Crippen LogP contribution >= 0.6 is 11.6 Å². The Morgan fingerprint density at radius 1 is 0.886 bits per heavy atom. The molecule has 4 aliphatic heterocycles. The first-order chi connectivity index (χ1) is 17.0. The summed E-state index contributed by atoms with van der Waals surface area (Å²) in [4.78, 5) is 45.0. The van der Waals surface area contributed by atoms with Gasteiger partial charge in [0.1, 0.15) is 11.0 Å². The molecule has 4 heterocycles. The van der Waals surface area contributed by atoms with E-state index >= 15 is 0 Å². The largest absolute Gasteiger partial charge is 0.325 e. The highest BCUT2D eigenvalue weighted by atomic mass is 35.5. The predicted molar refractivity (Wildman–Crippen MR) is 132 cm³/mol. The predicted octanol–water partition coefficient (Wildman–Crippen LogP) is 4.35. The van der Waals surface area contributed by atoms with Gasteiger partial charge >= 0.3 is 0 Å². The summed E-state index contributed by atoms with van der Waals surface area (Å²) in [6.45, 7) is 0.611. The van der Waals surface area contributed by atoms with E-state index in [4.69, 9.17) is 11.6 Å². The molecule has 4 aliphatic rings. The van der Waals surface area contributed by atoms with Crippen LogP contribution in [-0.4, -0.2) is 35.1 Å². The van der Waals surface area contributed by atoms with E-state index in [1.54, 1.807) is 30.3 Å². The number of anilines is 2. The van der Waals surface area contributed by atoms with Crippen LogP contribution in [0, 0.1) is 5.92 Å². The Morgan fingerprint density at radius 3 is 2.43 bits per heavy atom. The second kappa shape index (κ2) is 7.03. The first kappa shape index (κ1) is 20.9. The molecule has 0 unspecified atom stereocenters. The van der Waals surface area contributed by atoms with Gasteiger partial charge in [-0.3, -0.25) is 19.3 Å². The van der Waals surface area contributed by atoms with Crippen LogP contribution < -0.4 is 10.6 Å². The maximum Gasteiger partial charge on any atom is 0.250 e. The first-order valence-corrected chi connectivity index (χ1v) is 12.3. The average Bonchev–Trinajstić information content (AvgIpc) is 3.59. The highest BCUT2D eigenvalue weighted by Gasteiger charge is 2.78. The molecule has 0 saturated carbocycles. The number of nitrogens with one attached hydrogen (secondary N) is 2. The monoisotopic (exact) mass is 483 g/mol. The summed E-state index contributed by atoms with van der Waals surface area (Å²) in [6.07, 6.45) is 1.55. The molecule has 35 heavy (non-hydrogen) atoms. The van der Waals surface area contributed by atoms with Crippen LogP contribution in [0.5, 0.6) is 0 Å². The number of carbonyl (C=O) groups is 3. The summed E-state index contributed by atoms with van der Waals surface area (Å²) in [5.74, 6) is -1.67. The van der Waals surface area contributed by atoms with E-state index in [1.165, 1.54) is 0 Å². The van der Waals surface area contributed by atoms with Gasteiger partial charge in [0, 0.05) is 33.6 Å². The molecular weight excluding hydrogens is 462 g/mol. The van der Waals surface area contributed by atoms with Crippen molar-refractivity contribution in [3.63, 3.8) is 0 Å². The fourth-order valence-corrected chi connectivity index (χ4v) is 7.46. The SMILES string of the molecule is O=C(c1ccccc1)[C@@H]1[C@]2(C(=O)Nc3ccccc32)[C@@H]2CCCN2[C@]12C(=O)Nc1ccc(Cl)cc12. The normalized spacial score (nSPS) is 30.3. The molecule has 7 heteroatoms. The van der Waals surface area contributed by atoms with E-state index in [0.717, 1.165) is 12.0 Å². The van der Waals surface area contributed by atoms with Crippen molar-refractivity contribution in [3.8, 4) is 0 Å². The lowest BCUT2D eigenvalue weighted by Gasteiger charge is -2.38. The number of amides is 2. The van der Waals surface area contributed by atoms with Crippen molar-refractivity contribution in [1.82, 2.24) is 4.90 Å². The molecule has 0 aliphatic carbocycles. The highest BCUT2D eigenvalue weighted by Crippen LogP contribution is 2.66. The van der Waals surface area contributed by atoms with Crippen LogP contribution in [0.3, 0.4) is 0 Å². The summed E-state index contributed by atoms with van der Waals surface area (Å²) < 4.78 is 0. The Morgan fingerprint density at radius 2 is 1.60 bits per heavy atom. The maximum atomic E-state index is 14.6. The molecule has 2 N–H and O–H groups in total. The number of halogens is 1. The van der Waals surface area contributed by atoms with Crippen LogP contribution in [0.4, 0.5) is 11.4 Å². The van der Waals surface area contributed by atoms with E-state index in [2.05, 4.69) is 15.5 Å². The number of benzene rings is 3. The molecule has 0 aromatic heterocycles. The van der Waals surface area contributed by atoms with Gasteiger partial charge in [0.25, 0.3) is 0 Å². The summed E-state index contributed by atoms with van der Waals surface area (Å²) >= 11 is 6.46. The Labute approximate surface area is 207 Å². The van der Waals surface area contributed by atoms with Crippen molar-refractivity contribution >= 4 is 40.6 Å². The van der Waals surface area contributed by atoms with Crippen LogP contribution in [0.15, 0.2) is 72.8 Å². The second-order valence-corrected chi connectivity index (χ2v) is 10.2. The zero-order valence-corrected chi connectivity index (χ0v) is 19.5. The number of hydrogen-bond donors (Lipinski definition) is 2. The number of para-hydroxylation sites is 1. The molecular formula is C28H22ClN3O3. The molecule has 0 radical (unpaired) electrons. The number of hydrogen-bond acceptors (Lipinski definition) is 4. The summed E-state index contributed by atoms with van der Waals surface area (Å²) in [6, 6.07) is 21.6. The van der Waals surface area contributed by atoms with E-state index in [0.29, 0.717) is 40.5 Å². The van der Waals surface area contributed by atoms with Crippen molar-refractivity contribution in [1.29, 1.82) is 0 Å². The molecule has 2 fully saturated rings. The first-order valence-electron chi connectivity index (χ1n) is 11.9. The number of nitrogens with zero attached hydrogens (tertiary/aromatic N) is 1. The molecule has 4 atom stereocenters. The van der Waals surface area contributed by atoms with E-state index < -0.39 is 16.9 Å². The highest BCUT2D eigenvalue weighted by molar-refractivity contribution is 6.31. The van der Waals surface area contributed by atoms with Gasteiger partial charge in [0.05, 0.1) is 5.92 Å². The number of ketones is 1. The summed E-state index contributed by atoms with van der Waals surface area (Å²) in [5.41, 5.74) is 0.737. The molecule has 0 bridgehead atoms. The Hall–Kier alpha value is -3.48. The Kier molecular flexibility index (Phi) is 4.19. The maximum absolute atomic E-state index is 14.6. The zero-order valence-electron chi connectivity index (χ0n) is 18.8. The van der Waals surface area contributed by atoms with Gasteiger partial charge in [-0.1, -0.05) is 60.1 Å². The lowest BCUT2D eigenvalue weighted by Crippen LogP contribution is -2.55. The van der Waals surface area contributed by atoms with Crippen LogP contribution in [0.2, 0.25) is 5.02 Å². The molecule has 2 spiro atoms. The summed E-state index contributed by atoms with van der Waals surface area (Å²) in [7, 11) is 0. The van der Waals surface area contributed by atoms with Gasteiger partial charge in [-0.15, -0.1) is 0 Å². The topological polar surface area (TPSA) is 78.5 Å². The quantitative estimate of drug-likeness (QED) is 0.531. The van der Waals surface area contributed by atoms with Gasteiger partial charge < -0.3 is 10.6 Å². The summed E-state index contributed by atoms with van der Waals surface area (Å²) in [5, 5.41) is 6.57. The van der Waals surface area contributed by atoms with Gasteiger partial charge in [-0.05, 0) is 49.2 Å². The minimum atomic E-state index is -1.34.